The second kappa shape index (κ2) is 10.0. The van der Waals surface area contributed by atoms with Crippen LogP contribution in [0.3, 0.4) is 0 Å². The van der Waals surface area contributed by atoms with Crippen LogP contribution < -0.4 is 9.64 Å². The zero-order chi connectivity index (χ0) is 27.2. The number of aliphatic carboxylic acids is 1. The zero-order valence-corrected chi connectivity index (χ0v) is 21.9. The Kier molecular flexibility index (Phi) is 7.46. The van der Waals surface area contributed by atoms with Crippen LogP contribution in [0.5, 0.6) is 5.75 Å². The van der Waals surface area contributed by atoms with Gasteiger partial charge in [0.1, 0.15) is 23.6 Å². The second-order valence-corrected chi connectivity index (χ2v) is 12.5. The van der Waals surface area contributed by atoms with Crippen molar-refractivity contribution < 1.29 is 40.6 Å². The number of rotatable bonds is 9. The fourth-order valence-electron chi connectivity index (χ4n) is 4.37. The summed E-state index contributed by atoms with van der Waals surface area (Å²) in [6, 6.07) is 7.93. The highest BCUT2D eigenvalue weighted by molar-refractivity contribution is 7.98. The fraction of sp³-hybridized carbons (Fsp3) is 0.480. The number of hydrogen-bond acceptors (Lipinski definition) is 6. The molecule has 2 aliphatic rings. The number of carboxylic acids is 1. The molecule has 4 rings (SSSR count). The van der Waals surface area contributed by atoms with Gasteiger partial charge in [0, 0.05) is 30.6 Å². The van der Waals surface area contributed by atoms with Gasteiger partial charge in [0.05, 0.1) is 15.5 Å². The first kappa shape index (κ1) is 27.6. The summed E-state index contributed by atoms with van der Waals surface area (Å²) >= 11 is 1.21. The van der Waals surface area contributed by atoms with Gasteiger partial charge in [-0.15, -0.1) is 11.8 Å². The van der Waals surface area contributed by atoms with E-state index in [2.05, 4.69) is 0 Å². The Labute approximate surface area is 216 Å². The first-order valence-corrected chi connectivity index (χ1v) is 14.4. The van der Waals surface area contributed by atoms with Crippen LogP contribution in [0.15, 0.2) is 46.2 Å². The van der Waals surface area contributed by atoms with Crippen LogP contribution >= 0.6 is 11.8 Å². The van der Waals surface area contributed by atoms with Crippen molar-refractivity contribution in [1.29, 1.82) is 0 Å². The smallest absolute Gasteiger partial charge is 0.313 e. The van der Waals surface area contributed by atoms with Crippen molar-refractivity contribution in [3.63, 3.8) is 0 Å². The maximum atomic E-state index is 15.7. The normalized spacial score (nSPS) is 22.2. The standard InChI is InChI=1S/C25H27F4NO5S2/c1-24(28,29)7-6-15-13-30(17-5-3-4-16(26)10-17)18-11-20(36-2)19(12-21(18)37(33,34)22(15)27)35-14-25(8-9-25)23(31)32/h3-5,10-12,15,22H,6-9,13-14H2,1-2H3,(H,31,32)/t15-,22+/m0/s1. The molecule has 37 heavy (non-hydrogen) atoms. The molecule has 0 bridgehead atoms. The molecule has 6 nitrogen and oxygen atoms in total. The highest BCUT2D eigenvalue weighted by Gasteiger charge is 2.51. The molecule has 0 saturated heterocycles. The van der Waals surface area contributed by atoms with E-state index in [1.807, 2.05) is 0 Å². The van der Waals surface area contributed by atoms with Crippen molar-refractivity contribution in [2.24, 2.45) is 11.3 Å². The Bertz CT molecular complexity index is 1290. The summed E-state index contributed by atoms with van der Waals surface area (Å²) in [6.45, 7) is 0.224. The van der Waals surface area contributed by atoms with Crippen molar-refractivity contribution in [3.8, 4) is 5.75 Å². The number of sulfone groups is 1. The molecule has 1 aliphatic carbocycles. The number of carboxylic acid groups (broad SMARTS) is 1. The predicted molar refractivity (Wildman–Crippen MR) is 132 cm³/mol. The zero-order valence-electron chi connectivity index (χ0n) is 20.2. The Morgan fingerprint density at radius 3 is 2.54 bits per heavy atom. The molecule has 1 saturated carbocycles. The molecule has 2 aromatic carbocycles. The summed E-state index contributed by atoms with van der Waals surface area (Å²) in [4.78, 5) is 13.0. The van der Waals surface area contributed by atoms with Gasteiger partial charge in [-0.05, 0) is 56.7 Å². The minimum Gasteiger partial charge on any atom is -0.491 e. The monoisotopic (exact) mass is 561 g/mol. The van der Waals surface area contributed by atoms with Crippen LogP contribution in [0.25, 0.3) is 0 Å². The van der Waals surface area contributed by atoms with Crippen molar-refractivity contribution in [2.75, 3.05) is 24.3 Å². The molecule has 202 valence electrons. The van der Waals surface area contributed by atoms with Crippen LogP contribution in [0, 0.1) is 17.2 Å². The third kappa shape index (κ3) is 5.69. The lowest BCUT2D eigenvalue weighted by Crippen LogP contribution is -2.32. The van der Waals surface area contributed by atoms with Gasteiger partial charge in [-0.1, -0.05) is 6.07 Å². The minimum atomic E-state index is -4.68. The summed E-state index contributed by atoms with van der Waals surface area (Å²) in [6.07, 6.45) is 1.42. The van der Waals surface area contributed by atoms with Crippen LogP contribution in [0.1, 0.15) is 32.6 Å². The van der Waals surface area contributed by atoms with E-state index in [9.17, 15) is 31.5 Å². The first-order chi connectivity index (χ1) is 17.3. The quantitative estimate of drug-likeness (QED) is 0.294. The lowest BCUT2D eigenvalue weighted by molar-refractivity contribution is -0.144. The Morgan fingerprint density at radius 1 is 1.27 bits per heavy atom. The predicted octanol–water partition coefficient (Wildman–Crippen LogP) is 6.06. The van der Waals surface area contributed by atoms with Crippen LogP contribution in [0.2, 0.25) is 0 Å². The van der Waals surface area contributed by atoms with Gasteiger partial charge in [-0.3, -0.25) is 4.79 Å². The minimum absolute atomic E-state index is 0.0649. The van der Waals surface area contributed by atoms with E-state index in [1.54, 1.807) is 6.26 Å². The number of benzene rings is 2. The number of halogens is 4. The van der Waals surface area contributed by atoms with Gasteiger partial charge in [0.25, 0.3) is 0 Å². The summed E-state index contributed by atoms with van der Waals surface area (Å²) < 4.78 is 89.7. The molecule has 1 aliphatic heterocycles. The van der Waals surface area contributed by atoms with E-state index in [1.165, 1.54) is 40.9 Å². The summed E-state index contributed by atoms with van der Waals surface area (Å²) in [7, 11) is -4.68. The molecule has 12 heteroatoms. The maximum absolute atomic E-state index is 15.7. The lowest BCUT2D eigenvalue weighted by atomic mass is 10.0. The Morgan fingerprint density at radius 2 is 1.97 bits per heavy atom. The molecule has 1 N–H and O–H groups in total. The molecule has 0 aromatic heterocycles. The van der Waals surface area contributed by atoms with Gasteiger partial charge in [0.2, 0.25) is 21.3 Å². The largest absolute Gasteiger partial charge is 0.491 e. The van der Waals surface area contributed by atoms with E-state index < -0.39 is 62.1 Å². The molecule has 0 amide bonds. The van der Waals surface area contributed by atoms with Gasteiger partial charge in [-0.2, -0.15) is 0 Å². The molecule has 1 fully saturated rings. The van der Waals surface area contributed by atoms with Gasteiger partial charge in [0.15, 0.2) is 0 Å². The average molecular weight is 562 g/mol. The van der Waals surface area contributed by atoms with Crippen molar-refractivity contribution >= 4 is 38.9 Å². The van der Waals surface area contributed by atoms with Crippen molar-refractivity contribution in [2.45, 2.75) is 53.8 Å². The first-order valence-electron chi connectivity index (χ1n) is 11.6. The van der Waals surface area contributed by atoms with E-state index >= 15 is 4.39 Å². The van der Waals surface area contributed by atoms with Crippen LogP contribution in [-0.2, 0) is 14.6 Å². The van der Waals surface area contributed by atoms with Gasteiger partial charge in [-0.25, -0.2) is 26.0 Å². The number of carbonyl (C=O) groups is 1. The van der Waals surface area contributed by atoms with Crippen molar-refractivity contribution in [3.05, 3.63) is 42.2 Å². The molecule has 2 aromatic rings. The highest BCUT2D eigenvalue weighted by atomic mass is 32.2. The average Bonchev–Trinajstić information content (AvgIpc) is 3.63. The number of nitrogens with zero attached hydrogens (tertiary/aromatic N) is 1. The van der Waals surface area contributed by atoms with E-state index in [-0.39, 0.29) is 30.3 Å². The molecule has 1 heterocycles. The van der Waals surface area contributed by atoms with Crippen molar-refractivity contribution in [1.82, 2.24) is 0 Å². The lowest BCUT2D eigenvalue weighted by Gasteiger charge is -2.29. The van der Waals surface area contributed by atoms with E-state index in [4.69, 9.17) is 4.74 Å². The number of thioether (sulfide) groups is 1. The molecule has 0 radical (unpaired) electrons. The summed E-state index contributed by atoms with van der Waals surface area (Å²) in [5, 5.41) is 9.45. The number of fused-ring (bicyclic) bond motifs is 1. The van der Waals surface area contributed by atoms with E-state index in [0.29, 0.717) is 24.7 Å². The third-order valence-electron chi connectivity index (χ3n) is 6.81. The summed E-state index contributed by atoms with van der Waals surface area (Å²) in [5.74, 6) is -5.99. The Balaban J connectivity index is 1.83. The maximum Gasteiger partial charge on any atom is 0.313 e. The summed E-state index contributed by atoms with van der Waals surface area (Å²) in [5.41, 5.74) is -3.24. The second-order valence-electron chi connectivity index (χ2n) is 9.70. The molecular weight excluding hydrogens is 534 g/mol. The third-order valence-corrected chi connectivity index (χ3v) is 9.49. The molecular formula is C25H27F4NO5S2. The number of alkyl halides is 3. The molecule has 0 unspecified atom stereocenters. The van der Waals surface area contributed by atoms with E-state index in [0.717, 1.165) is 12.1 Å². The Hall–Kier alpha value is -2.47. The van der Waals surface area contributed by atoms with Gasteiger partial charge >= 0.3 is 5.97 Å². The van der Waals surface area contributed by atoms with Gasteiger partial charge < -0.3 is 14.7 Å². The number of ether oxygens (including phenoxy) is 1. The number of anilines is 2. The van der Waals surface area contributed by atoms with Crippen LogP contribution in [-0.4, -0.2) is 50.3 Å². The molecule has 0 spiro atoms. The fourth-order valence-corrected chi connectivity index (χ4v) is 6.62. The SMILES string of the molecule is CSc1cc2c(cc1OCC1(C(=O)O)CC1)S(=O)(=O)[C@@H](F)[C@@H](CCC(C)(F)F)CN2c1cccc(F)c1. The number of hydrogen-bond donors (Lipinski definition) is 1. The van der Waals surface area contributed by atoms with Crippen LogP contribution in [0.4, 0.5) is 28.9 Å². The highest BCUT2D eigenvalue weighted by Crippen LogP contribution is 2.49. The topological polar surface area (TPSA) is 83.9 Å². The molecule has 2 atom stereocenters.